The maximum absolute atomic E-state index is 12.7. The van der Waals surface area contributed by atoms with Crippen molar-refractivity contribution >= 4 is 21.8 Å². The van der Waals surface area contributed by atoms with Gasteiger partial charge in [0.05, 0.1) is 6.04 Å². The SMILES string of the molecule is CC(C)c1cc(C(=O)N2CC[C@@H]2c2cccc(Br)c2)nn1C. The third-order valence-electron chi connectivity index (χ3n) is 4.24. The zero-order chi connectivity index (χ0) is 15.9. The molecule has 2 heterocycles. The van der Waals surface area contributed by atoms with Gasteiger partial charge in [-0.05, 0) is 36.1 Å². The standard InChI is InChI=1S/C17H20BrN3O/c1-11(2)16-10-14(19-20(16)3)17(22)21-8-7-15(21)12-5-4-6-13(18)9-12/h4-6,9-11,15H,7-8H2,1-3H3/t15-/m1/s1. The topological polar surface area (TPSA) is 38.1 Å². The second-order valence-electron chi connectivity index (χ2n) is 6.09. The highest BCUT2D eigenvalue weighted by Gasteiger charge is 2.35. The van der Waals surface area contributed by atoms with Crippen molar-refractivity contribution in [3.8, 4) is 0 Å². The van der Waals surface area contributed by atoms with E-state index in [1.807, 2.05) is 34.8 Å². The molecule has 1 aromatic carbocycles. The van der Waals surface area contributed by atoms with E-state index >= 15 is 0 Å². The fourth-order valence-corrected chi connectivity index (χ4v) is 3.38. The highest BCUT2D eigenvalue weighted by atomic mass is 79.9. The lowest BCUT2D eigenvalue weighted by Crippen LogP contribution is -2.45. The van der Waals surface area contributed by atoms with Gasteiger partial charge in [0.25, 0.3) is 5.91 Å². The molecule has 0 spiro atoms. The average molecular weight is 362 g/mol. The molecule has 0 aliphatic carbocycles. The van der Waals surface area contributed by atoms with Crippen molar-refractivity contribution < 1.29 is 4.79 Å². The minimum atomic E-state index is 0.0266. The monoisotopic (exact) mass is 361 g/mol. The van der Waals surface area contributed by atoms with E-state index in [2.05, 4.69) is 47.0 Å². The van der Waals surface area contributed by atoms with Crippen LogP contribution < -0.4 is 0 Å². The van der Waals surface area contributed by atoms with Crippen LogP contribution in [0.5, 0.6) is 0 Å². The first kappa shape index (κ1) is 15.3. The Labute approximate surface area is 139 Å². The largest absolute Gasteiger partial charge is 0.330 e. The van der Waals surface area contributed by atoms with E-state index < -0.39 is 0 Å². The molecule has 0 bridgehead atoms. The van der Waals surface area contributed by atoms with Gasteiger partial charge in [0.2, 0.25) is 0 Å². The van der Waals surface area contributed by atoms with E-state index in [-0.39, 0.29) is 11.9 Å². The summed E-state index contributed by atoms with van der Waals surface area (Å²) >= 11 is 3.50. The van der Waals surface area contributed by atoms with Crippen LogP contribution in [0.4, 0.5) is 0 Å². The third-order valence-corrected chi connectivity index (χ3v) is 4.73. The van der Waals surface area contributed by atoms with E-state index in [4.69, 9.17) is 0 Å². The summed E-state index contributed by atoms with van der Waals surface area (Å²) < 4.78 is 2.86. The molecule has 1 saturated heterocycles. The maximum atomic E-state index is 12.7. The van der Waals surface area contributed by atoms with Gasteiger partial charge in [-0.1, -0.05) is 41.9 Å². The molecule has 0 unspecified atom stereocenters. The van der Waals surface area contributed by atoms with Crippen molar-refractivity contribution in [1.82, 2.24) is 14.7 Å². The van der Waals surface area contributed by atoms with Crippen LogP contribution in [0.3, 0.4) is 0 Å². The Balaban J connectivity index is 1.82. The van der Waals surface area contributed by atoms with Crippen molar-refractivity contribution in [3.63, 3.8) is 0 Å². The highest BCUT2D eigenvalue weighted by Crippen LogP contribution is 2.35. The summed E-state index contributed by atoms with van der Waals surface area (Å²) in [6.45, 7) is 5.02. The summed E-state index contributed by atoms with van der Waals surface area (Å²) in [5.74, 6) is 0.384. The van der Waals surface area contributed by atoms with Crippen LogP contribution in [0.1, 0.15) is 54.0 Å². The van der Waals surface area contributed by atoms with E-state index in [0.717, 1.165) is 23.1 Å². The van der Waals surface area contributed by atoms with Crippen LogP contribution >= 0.6 is 15.9 Å². The molecule has 4 nitrogen and oxygen atoms in total. The molecule has 1 amide bonds. The van der Waals surface area contributed by atoms with Crippen LogP contribution in [0.25, 0.3) is 0 Å². The molecule has 116 valence electrons. The number of amides is 1. The summed E-state index contributed by atoms with van der Waals surface area (Å²) in [4.78, 5) is 14.6. The lowest BCUT2D eigenvalue weighted by Gasteiger charge is -2.41. The van der Waals surface area contributed by atoms with Gasteiger partial charge in [0.15, 0.2) is 5.69 Å². The van der Waals surface area contributed by atoms with Gasteiger partial charge in [-0.2, -0.15) is 5.10 Å². The summed E-state index contributed by atoms with van der Waals surface area (Å²) in [5.41, 5.74) is 2.81. The van der Waals surface area contributed by atoms with E-state index in [0.29, 0.717) is 11.6 Å². The number of rotatable bonds is 3. The molecule has 3 rings (SSSR count). The van der Waals surface area contributed by atoms with Gasteiger partial charge < -0.3 is 4.90 Å². The molecule has 0 N–H and O–H groups in total. The smallest absolute Gasteiger partial charge is 0.274 e. The first-order chi connectivity index (χ1) is 10.5. The number of carbonyl (C=O) groups is 1. The highest BCUT2D eigenvalue weighted by molar-refractivity contribution is 9.10. The quantitative estimate of drug-likeness (QED) is 0.831. The number of hydrogen-bond acceptors (Lipinski definition) is 2. The van der Waals surface area contributed by atoms with E-state index in [1.54, 1.807) is 0 Å². The summed E-state index contributed by atoms with van der Waals surface area (Å²) in [6.07, 6.45) is 1.01. The number of benzene rings is 1. The van der Waals surface area contributed by atoms with Crippen molar-refractivity contribution in [2.45, 2.75) is 32.2 Å². The molecule has 1 fully saturated rings. The number of likely N-dealkylation sites (tertiary alicyclic amines) is 1. The fraction of sp³-hybridized carbons (Fsp3) is 0.412. The molecule has 1 atom stereocenters. The molecule has 0 radical (unpaired) electrons. The molecule has 1 aliphatic heterocycles. The predicted molar refractivity (Wildman–Crippen MR) is 89.8 cm³/mol. The Morgan fingerprint density at radius 2 is 2.14 bits per heavy atom. The number of nitrogens with zero attached hydrogens (tertiary/aromatic N) is 3. The molecule has 2 aromatic rings. The molecule has 5 heteroatoms. The zero-order valence-electron chi connectivity index (χ0n) is 13.1. The van der Waals surface area contributed by atoms with Crippen LogP contribution in [-0.2, 0) is 7.05 Å². The minimum absolute atomic E-state index is 0.0266. The second kappa shape index (κ2) is 5.88. The van der Waals surface area contributed by atoms with Crippen molar-refractivity contribution in [1.29, 1.82) is 0 Å². The average Bonchev–Trinajstić information content (AvgIpc) is 2.80. The number of carbonyl (C=O) groups excluding carboxylic acids is 1. The number of halogens is 1. The molecule has 1 aliphatic rings. The molecular weight excluding hydrogens is 342 g/mol. The third kappa shape index (κ3) is 2.70. The van der Waals surface area contributed by atoms with Gasteiger partial charge in [0, 0.05) is 23.8 Å². The van der Waals surface area contributed by atoms with Gasteiger partial charge in [-0.3, -0.25) is 9.48 Å². The van der Waals surface area contributed by atoms with Gasteiger partial charge >= 0.3 is 0 Å². The summed E-state index contributed by atoms with van der Waals surface area (Å²) in [5, 5.41) is 4.40. The Kier molecular flexibility index (Phi) is 4.08. The van der Waals surface area contributed by atoms with Gasteiger partial charge in [-0.25, -0.2) is 0 Å². The second-order valence-corrected chi connectivity index (χ2v) is 7.01. The van der Waals surface area contributed by atoms with Crippen molar-refractivity contribution in [2.24, 2.45) is 7.05 Å². The van der Waals surface area contributed by atoms with Crippen LogP contribution in [-0.4, -0.2) is 27.1 Å². The number of aryl methyl sites for hydroxylation is 1. The van der Waals surface area contributed by atoms with Gasteiger partial charge in [0.1, 0.15) is 0 Å². The summed E-state index contributed by atoms with van der Waals surface area (Å²) in [7, 11) is 1.90. The number of aromatic nitrogens is 2. The van der Waals surface area contributed by atoms with Crippen LogP contribution in [0, 0.1) is 0 Å². The van der Waals surface area contributed by atoms with Crippen LogP contribution in [0.15, 0.2) is 34.8 Å². The zero-order valence-corrected chi connectivity index (χ0v) is 14.7. The van der Waals surface area contributed by atoms with Crippen molar-refractivity contribution in [2.75, 3.05) is 6.54 Å². The Morgan fingerprint density at radius 1 is 1.36 bits per heavy atom. The van der Waals surface area contributed by atoms with Crippen molar-refractivity contribution in [3.05, 3.63) is 51.8 Å². The van der Waals surface area contributed by atoms with Gasteiger partial charge in [-0.15, -0.1) is 0 Å². The number of hydrogen-bond donors (Lipinski definition) is 0. The first-order valence-electron chi connectivity index (χ1n) is 7.57. The normalized spacial score (nSPS) is 17.7. The van der Waals surface area contributed by atoms with Crippen LogP contribution in [0.2, 0.25) is 0 Å². The summed E-state index contributed by atoms with van der Waals surface area (Å²) in [6, 6.07) is 10.3. The maximum Gasteiger partial charge on any atom is 0.274 e. The minimum Gasteiger partial charge on any atom is -0.330 e. The first-order valence-corrected chi connectivity index (χ1v) is 8.37. The lowest BCUT2D eigenvalue weighted by molar-refractivity contribution is 0.0453. The molecule has 0 saturated carbocycles. The fourth-order valence-electron chi connectivity index (χ4n) is 2.96. The molecule has 1 aromatic heterocycles. The Bertz CT molecular complexity index is 708. The Morgan fingerprint density at radius 3 is 2.68 bits per heavy atom. The van der Waals surface area contributed by atoms with E-state index in [1.165, 1.54) is 5.56 Å². The molecule has 22 heavy (non-hydrogen) atoms. The lowest BCUT2D eigenvalue weighted by atomic mass is 9.94. The van der Waals surface area contributed by atoms with E-state index in [9.17, 15) is 4.79 Å². The predicted octanol–water partition coefficient (Wildman–Crippen LogP) is 3.89. The molecular formula is C17H20BrN3O. The Hall–Kier alpha value is -1.62.